The third kappa shape index (κ3) is 5.77. The summed E-state index contributed by atoms with van der Waals surface area (Å²) in [5.41, 5.74) is 5.03. The molecule has 2 heterocycles. The van der Waals surface area contributed by atoms with E-state index in [4.69, 9.17) is 4.74 Å². The Bertz CT molecular complexity index is 1750. The number of anilines is 3. The molecule has 0 saturated carbocycles. The number of hydrogen-bond acceptors (Lipinski definition) is 7. The molecule has 0 unspecified atom stereocenters. The summed E-state index contributed by atoms with van der Waals surface area (Å²) in [6.45, 7) is 1.31. The van der Waals surface area contributed by atoms with Gasteiger partial charge in [0.15, 0.2) is 0 Å². The lowest BCUT2D eigenvalue weighted by Crippen LogP contribution is -2.13. The first-order valence-electron chi connectivity index (χ1n) is 12.7. The summed E-state index contributed by atoms with van der Waals surface area (Å²) >= 11 is 0. The maximum Gasteiger partial charge on any atom is 0.248 e. The lowest BCUT2D eigenvalue weighted by Gasteiger charge is -2.15. The van der Waals surface area contributed by atoms with Crippen molar-refractivity contribution in [3.63, 3.8) is 0 Å². The van der Waals surface area contributed by atoms with E-state index in [-0.39, 0.29) is 5.91 Å². The van der Waals surface area contributed by atoms with Crippen molar-refractivity contribution in [1.82, 2.24) is 19.7 Å². The van der Waals surface area contributed by atoms with Crippen LogP contribution in [0.15, 0.2) is 85.2 Å². The molecule has 5 rings (SSSR count). The monoisotopic (exact) mass is 531 g/mol. The number of aromatic nitrogens is 3. The van der Waals surface area contributed by atoms with Gasteiger partial charge in [0.05, 0.1) is 47.8 Å². The highest BCUT2D eigenvalue weighted by atomic mass is 16.5. The lowest BCUT2D eigenvalue weighted by molar-refractivity contribution is -0.111. The first-order valence-corrected chi connectivity index (χ1v) is 12.7. The van der Waals surface area contributed by atoms with Crippen LogP contribution in [0.25, 0.3) is 21.8 Å². The molecule has 9 nitrogen and oxygen atoms in total. The van der Waals surface area contributed by atoms with Crippen LogP contribution >= 0.6 is 0 Å². The van der Waals surface area contributed by atoms with Gasteiger partial charge in [-0.05, 0) is 43.9 Å². The fourth-order valence-electron chi connectivity index (χ4n) is 4.44. The van der Waals surface area contributed by atoms with Crippen molar-refractivity contribution in [3.05, 3.63) is 96.3 Å². The Labute approximate surface area is 232 Å². The Morgan fingerprint density at radius 1 is 1.12 bits per heavy atom. The molecule has 9 heteroatoms. The fourth-order valence-corrected chi connectivity index (χ4v) is 4.44. The number of carbonyl (C=O) groups is 1. The first kappa shape index (κ1) is 26.4. The van der Waals surface area contributed by atoms with Crippen molar-refractivity contribution in [2.75, 3.05) is 38.4 Å². The molecule has 0 aliphatic carbocycles. The molecule has 3 aromatic carbocycles. The number of methoxy groups -OCH3 is 1. The number of rotatable bonds is 9. The Morgan fingerprint density at radius 3 is 2.70 bits per heavy atom. The highest BCUT2D eigenvalue weighted by Gasteiger charge is 2.15. The number of pyridine rings is 1. The van der Waals surface area contributed by atoms with Crippen molar-refractivity contribution in [1.29, 1.82) is 5.26 Å². The van der Waals surface area contributed by atoms with Crippen molar-refractivity contribution >= 4 is 44.8 Å². The molecular formula is C31H29N7O2. The molecule has 0 spiro atoms. The summed E-state index contributed by atoms with van der Waals surface area (Å²) in [4.78, 5) is 19.0. The fraction of sp³-hybridized carbons (Fsp3) is 0.161. The predicted molar refractivity (Wildman–Crippen MR) is 158 cm³/mol. The quantitative estimate of drug-likeness (QED) is 0.248. The van der Waals surface area contributed by atoms with Crippen LogP contribution in [-0.4, -0.2) is 53.3 Å². The van der Waals surface area contributed by atoms with E-state index in [1.54, 1.807) is 18.2 Å². The molecule has 0 radical (unpaired) electrons. The van der Waals surface area contributed by atoms with Gasteiger partial charge in [-0.3, -0.25) is 14.5 Å². The van der Waals surface area contributed by atoms with Crippen molar-refractivity contribution < 1.29 is 9.53 Å². The third-order valence-electron chi connectivity index (χ3n) is 6.39. The molecule has 0 fully saturated rings. The molecule has 0 atom stereocenters. The van der Waals surface area contributed by atoms with Gasteiger partial charge in [-0.15, -0.1) is 0 Å². The summed E-state index contributed by atoms with van der Waals surface area (Å²) in [6, 6.07) is 21.9. The van der Waals surface area contributed by atoms with Gasteiger partial charge in [-0.2, -0.15) is 10.4 Å². The van der Waals surface area contributed by atoms with Gasteiger partial charge >= 0.3 is 0 Å². The zero-order chi connectivity index (χ0) is 28.1. The van der Waals surface area contributed by atoms with Crippen molar-refractivity contribution in [3.8, 4) is 11.8 Å². The Kier molecular flexibility index (Phi) is 7.71. The van der Waals surface area contributed by atoms with E-state index in [0.29, 0.717) is 46.7 Å². The number of nitrogens with one attached hydrogen (secondary N) is 2. The van der Waals surface area contributed by atoms with Gasteiger partial charge in [0, 0.05) is 41.3 Å². The number of benzene rings is 3. The highest BCUT2D eigenvalue weighted by molar-refractivity contribution is 6.05. The number of fused-ring (bicyclic) bond motifs is 2. The van der Waals surface area contributed by atoms with Gasteiger partial charge < -0.3 is 20.3 Å². The molecule has 1 amide bonds. The lowest BCUT2D eigenvalue weighted by atomic mass is 10.1. The van der Waals surface area contributed by atoms with Crippen LogP contribution in [-0.2, 0) is 11.3 Å². The number of amides is 1. The normalized spacial score (nSPS) is 11.3. The van der Waals surface area contributed by atoms with Crippen LogP contribution in [0.1, 0.15) is 11.1 Å². The second-order valence-electron chi connectivity index (χ2n) is 9.57. The maximum atomic E-state index is 12.6. The summed E-state index contributed by atoms with van der Waals surface area (Å²) in [7, 11) is 5.39. The van der Waals surface area contributed by atoms with Crippen LogP contribution in [0.2, 0.25) is 0 Å². The third-order valence-corrected chi connectivity index (χ3v) is 6.39. The minimum absolute atomic E-state index is 0.281. The minimum atomic E-state index is -0.281. The summed E-state index contributed by atoms with van der Waals surface area (Å²) in [6.07, 6.45) is 6.63. The average Bonchev–Trinajstić information content (AvgIpc) is 3.35. The number of nitrogens with zero attached hydrogens (tertiary/aromatic N) is 5. The zero-order valence-corrected chi connectivity index (χ0v) is 22.5. The number of hydrogen-bond donors (Lipinski definition) is 2. The topological polar surface area (TPSA) is 108 Å². The molecule has 0 aliphatic rings. The van der Waals surface area contributed by atoms with Crippen LogP contribution in [0.4, 0.5) is 17.1 Å². The van der Waals surface area contributed by atoms with E-state index in [9.17, 15) is 10.1 Å². The summed E-state index contributed by atoms with van der Waals surface area (Å²) in [5.74, 6) is 0.189. The maximum absolute atomic E-state index is 12.6. The SMILES string of the molecule is COc1cc2ncc(C#N)c(Nc3ccc4c(cnn4Cc4ccccc4)c3)c2cc1NC(=O)C=CCN(C)C. The second-order valence-corrected chi connectivity index (χ2v) is 9.57. The Hall–Kier alpha value is -5.20. The van der Waals surface area contributed by atoms with Crippen LogP contribution in [0.5, 0.6) is 5.75 Å². The Balaban J connectivity index is 1.48. The van der Waals surface area contributed by atoms with Gasteiger partial charge in [-0.25, -0.2) is 0 Å². The zero-order valence-electron chi connectivity index (χ0n) is 22.5. The number of likely N-dealkylation sites (N-methyl/N-ethyl adjacent to an activating group) is 1. The number of ether oxygens (including phenoxy) is 1. The molecule has 2 aromatic heterocycles. The minimum Gasteiger partial charge on any atom is -0.494 e. The van der Waals surface area contributed by atoms with E-state index < -0.39 is 0 Å². The van der Waals surface area contributed by atoms with E-state index >= 15 is 0 Å². The average molecular weight is 532 g/mol. The first-order chi connectivity index (χ1) is 19.4. The van der Waals surface area contributed by atoms with Gasteiger partial charge in [0.2, 0.25) is 5.91 Å². The van der Waals surface area contributed by atoms with E-state index in [2.05, 4.69) is 38.9 Å². The molecule has 0 aliphatic heterocycles. The van der Waals surface area contributed by atoms with Crippen LogP contribution < -0.4 is 15.4 Å². The molecule has 40 heavy (non-hydrogen) atoms. The molecule has 0 saturated heterocycles. The molecule has 0 bridgehead atoms. The Morgan fingerprint density at radius 2 is 1.95 bits per heavy atom. The van der Waals surface area contributed by atoms with E-state index in [1.807, 2.05) is 66.3 Å². The summed E-state index contributed by atoms with van der Waals surface area (Å²) in [5, 5.41) is 22.4. The van der Waals surface area contributed by atoms with Gasteiger partial charge in [0.25, 0.3) is 0 Å². The second kappa shape index (κ2) is 11.7. The van der Waals surface area contributed by atoms with Gasteiger partial charge in [-0.1, -0.05) is 36.4 Å². The van der Waals surface area contributed by atoms with Crippen LogP contribution in [0.3, 0.4) is 0 Å². The predicted octanol–water partition coefficient (Wildman–Crippen LogP) is 5.31. The van der Waals surface area contributed by atoms with E-state index in [1.165, 1.54) is 24.9 Å². The number of carbonyl (C=O) groups excluding carboxylic acids is 1. The van der Waals surface area contributed by atoms with E-state index in [0.717, 1.165) is 16.6 Å². The molecule has 200 valence electrons. The van der Waals surface area contributed by atoms with Crippen molar-refractivity contribution in [2.45, 2.75) is 6.54 Å². The van der Waals surface area contributed by atoms with Crippen LogP contribution in [0, 0.1) is 11.3 Å². The molecular weight excluding hydrogens is 502 g/mol. The standard InChI is InChI=1S/C31H29N7O2/c1-37(2)13-7-10-30(39)36-27-15-25-26(16-29(27)40-3)33-18-23(17-32)31(25)35-24-11-12-28-22(14-24)19-34-38(28)20-21-8-5-4-6-9-21/h4-12,14-16,18-19H,13,20H2,1-3H3,(H,33,35)(H,36,39). The molecule has 2 N–H and O–H groups in total. The molecule has 5 aromatic rings. The highest BCUT2D eigenvalue weighted by Crippen LogP contribution is 2.36. The van der Waals surface area contributed by atoms with Crippen molar-refractivity contribution in [2.24, 2.45) is 0 Å². The number of nitriles is 1. The summed E-state index contributed by atoms with van der Waals surface area (Å²) < 4.78 is 7.49. The van der Waals surface area contributed by atoms with Gasteiger partial charge in [0.1, 0.15) is 11.8 Å². The smallest absolute Gasteiger partial charge is 0.248 e. The largest absolute Gasteiger partial charge is 0.494 e.